The Hall–Kier alpha value is -0.960. The highest BCUT2D eigenvalue weighted by Gasteiger charge is 2.14. The van der Waals surface area contributed by atoms with Crippen LogP contribution in [-0.4, -0.2) is 16.5 Å². The number of hydrogen-bond acceptors (Lipinski definition) is 3. The third-order valence-corrected chi connectivity index (χ3v) is 2.66. The van der Waals surface area contributed by atoms with E-state index in [0.717, 1.165) is 43.9 Å². The van der Waals surface area contributed by atoms with E-state index in [9.17, 15) is 0 Å². The molecule has 0 radical (unpaired) electrons. The lowest BCUT2D eigenvalue weighted by Gasteiger charge is -2.18. The molecule has 3 heteroatoms. The lowest BCUT2D eigenvalue weighted by Crippen LogP contribution is -2.26. The van der Waals surface area contributed by atoms with Crippen LogP contribution in [0.1, 0.15) is 36.1 Å². The van der Waals surface area contributed by atoms with Crippen LogP contribution in [0.4, 0.5) is 0 Å². The second-order valence-corrected chi connectivity index (χ2v) is 3.83. The third-order valence-electron chi connectivity index (χ3n) is 2.66. The van der Waals surface area contributed by atoms with Gasteiger partial charge in [0.2, 0.25) is 0 Å². The summed E-state index contributed by atoms with van der Waals surface area (Å²) in [4.78, 5) is 9.14. The summed E-state index contributed by atoms with van der Waals surface area (Å²) in [7, 11) is 0. The molecule has 2 rings (SSSR count). The van der Waals surface area contributed by atoms with Gasteiger partial charge in [0.15, 0.2) is 0 Å². The van der Waals surface area contributed by atoms with Crippen molar-refractivity contribution >= 4 is 0 Å². The average molecular weight is 191 g/mol. The van der Waals surface area contributed by atoms with Crippen molar-refractivity contribution in [2.45, 2.75) is 39.7 Å². The highest BCUT2D eigenvalue weighted by molar-refractivity contribution is 5.27. The average Bonchev–Trinajstić information content (AvgIpc) is 2.18. The normalized spacial score (nSPS) is 15.3. The SMILES string of the molecule is CCCc1nc(C)c2c(n1)CCNC2. The number of aryl methyl sites for hydroxylation is 2. The van der Waals surface area contributed by atoms with Gasteiger partial charge in [-0.1, -0.05) is 6.92 Å². The minimum absolute atomic E-state index is 0.938. The molecule has 0 spiro atoms. The monoisotopic (exact) mass is 191 g/mol. The number of rotatable bonds is 2. The van der Waals surface area contributed by atoms with Gasteiger partial charge in [-0.25, -0.2) is 9.97 Å². The molecule has 0 saturated carbocycles. The summed E-state index contributed by atoms with van der Waals surface area (Å²) in [6, 6.07) is 0. The van der Waals surface area contributed by atoms with Crippen LogP contribution in [0.25, 0.3) is 0 Å². The molecule has 1 N–H and O–H groups in total. The smallest absolute Gasteiger partial charge is 0.128 e. The maximum Gasteiger partial charge on any atom is 0.128 e. The fourth-order valence-electron chi connectivity index (χ4n) is 1.91. The van der Waals surface area contributed by atoms with Crippen LogP contribution in [-0.2, 0) is 19.4 Å². The summed E-state index contributed by atoms with van der Waals surface area (Å²) >= 11 is 0. The highest BCUT2D eigenvalue weighted by atomic mass is 14.9. The molecular weight excluding hydrogens is 174 g/mol. The van der Waals surface area contributed by atoms with Crippen LogP contribution in [0.15, 0.2) is 0 Å². The molecule has 0 bridgehead atoms. The van der Waals surface area contributed by atoms with E-state index < -0.39 is 0 Å². The van der Waals surface area contributed by atoms with E-state index in [2.05, 4.69) is 29.1 Å². The highest BCUT2D eigenvalue weighted by Crippen LogP contribution is 2.15. The Morgan fingerprint density at radius 2 is 2.21 bits per heavy atom. The Kier molecular flexibility index (Phi) is 2.77. The Balaban J connectivity index is 2.36. The Morgan fingerprint density at radius 3 is 3.00 bits per heavy atom. The molecule has 0 aliphatic carbocycles. The van der Waals surface area contributed by atoms with Gasteiger partial charge in [-0.3, -0.25) is 0 Å². The predicted molar refractivity (Wildman–Crippen MR) is 56.2 cm³/mol. The van der Waals surface area contributed by atoms with Crippen molar-refractivity contribution in [3.63, 3.8) is 0 Å². The van der Waals surface area contributed by atoms with Gasteiger partial charge in [-0.15, -0.1) is 0 Å². The molecule has 1 aromatic rings. The summed E-state index contributed by atoms with van der Waals surface area (Å²) < 4.78 is 0. The Labute approximate surface area is 85.0 Å². The number of nitrogens with one attached hydrogen (secondary N) is 1. The minimum Gasteiger partial charge on any atom is -0.312 e. The van der Waals surface area contributed by atoms with Gasteiger partial charge in [0.05, 0.1) is 5.69 Å². The lowest BCUT2D eigenvalue weighted by atomic mass is 10.1. The summed E-state index contributed by atoms with van der Waals surface area (Å²) in [5.41, 5.74) is 3.74. The molecule has 1 aliphatic rings. The van der Waals surface area contributed by atoms with Gasteiger partial charge >= 0.3 is 0 Å². The maximum atomic E-state index is 4.61. The van der Waals surface area contributed by atoms with Gasteiger partial charge in [0.25, 0.3) is 0 Å². The second-order valence-electron chi connectivity index (χ2n) is 3.83. The van der Waals surface area contributed by atoms with Gasteiger partial charge in [-0.2, -0.15) is 0 Å². The molecule has 14 heavy (non-hydrogen) atoms. The van der Waals surface area contributed by atoms with Crippen LogP contribution in [0.2, 0.25) is 0 Å². The van der Waals surface area contributed by atoms with Crippen molar-refractivity contribution in [2.75, 3.05) is 6.54 Å². The molecule has 1 aliphatic heterocycles. The van der Waals surface area contributed by atoms with E-state index in [1.807, 2.05) is 0 Å². The summed E-state index contributed by atoms with van der Waals surface area (Å²) in [6.07, 6.45) is 3.17. The topological polar surface area (TPSA) is 37.8 Å². The molecule has 3 nitrogen and oxygen atoms in total. The van der Waals surface area contributed by atoms with Gasteiger partial charge < -0.3 is 5.32 Å². The molecule has 0 fully saturated rings. The molecule has 76 valence electrons. The fraction of sp³-hybridized carbons (Fsp3) is 0.636. The molecule has 0 aromatic carbocycles. The minimum atomic E-state index is 0.938. The zero-order valence-electron chi connectivity index (χ0n) is 8.93. The zero-order valence-corrected chi connectivity index (χ0v) is 8.93. The van der Waals surface area contributed by atoms with E-state index in [1.54, 1.807) is 0 Å². The van der Waals surface area contributed by atoms with E-state index in [0.29, 0.717) is 0 Å². The van der Waals surface area contributed by atoms with Crippen molar-refractivity contribution in [3.05, 3.63) is 22.8 Å². The number of aromatic nitrogens is 2. The van der Waals surface area contributed by atoms with Crippen molar-refractivity contribution in [3.8, 4) is 0 Å². The molecule has 1 aromatic heterocycles. The van der Waals surface area contributed by atoms with E-state index in [4.69, 9.17) is 0 Å². The van der Waals surface area contributed by atoms with Crippen LogP contribution >= 0.6 is 0 Å². The van der Waals surface area contributed by atoms with E-state index in [-0.39, 0.29) is 0 Å². The van der Waals surface area contributed by atoms with Gasteiger partial charge in [-0.05, 0) is 13.3 Å². The number of hydrogen-bond donors (Lipinski definition) is 1. The summed E-state index contributed by atoms with van der Waals surface area (Å²) in [5, 5.41) is 3.35. The Morgan fingerprint density at radius 1 is 1.36 bits per heavy atom. The van der Waals surface area contributed by atoms with Gasteiger partial charge in [0, 0.05) is 37.2 Å². The quantitative estimate of drug-likeness (QED) is 0.767. The van der Waals surface area contributed by atoms with Crippen LogP contribution in [0.5, 0.6) is 0 Å². The standard InChI is InChI=1S/C11H17N3/c1-3-4-11-13-8(2)9-7-12-6-5-10(9)14-11/h12H,3-7H2,1-2H3. The molecule has 0 amide bonds. The molecule has 0 atom stereocenters. The number of nitrogens with zero attached hydrogens (tertiary/aromatic N) is 2. The zero-order chi connectivity index (χ0) is 9.97. The maximum absolute atomic E-state index is 4.61. The van der Waals surface area contributed by atoms with E-state index >= 15 is 0 Å². The van der Waals surface area contributed by atoms with Crippen molar-refractivity contribution in [2.24, 2.45) is 0 Å². The van der Waals surface area contributed by atoms with Crippen LogP contribution in [0, 0.1) is 6.92 Å². The first-order chi connectivity index (χ1) is 6.81. The fourth-order valence-corrected chi connectivity index (χ4v) is 1.91. The van der Waals surface area contributed by atoms with Crippen LogP contribution < -0.4 is 5.32 Å². The second kappa shape index (κ2) is 4.05. The predicted octanol–water partition coefficient (Wildman–Crippen LogP) is 1.38. The first-order valence-corrected chi connectivity index (χ1v) is 5.37. The lowest BCUT2D eigenvalue weighted by molar-refractivity contribution is 0.612. The van der Waals surface area contributed by atoms with Crippen LogP contribution in [0.3, 0.4) is 0 Å². The largest absolute Gasteiger partial charge is 0.312 e. The summed E-state index contributed by atoms with van der Waals surface area (Å²) in [5.74, 6) is 1.02. The Bertz CT molecular complexity index is 334. The van der Waals surface area contributed by atoms with Crippen molar-refractivity contribution in [1.82, 2.24) is 15.3 Å². The first-order valence-electron chi connectivity index (χ1n) is 5.37. The summed E-state index contributed by atoms with van der Waals surface area (Å²) in [6.45, 7) is 6.25. The molecule has 0 saturated heterocycles. The molecule has 0 unspecified atom stereocenters. The number of fused-ring (bicyclic) bond motifs is 1. The van der Waals surface area contributed by atoms with E-state index in [1.165, 1.54) is 11.3 Å². The van der Waals surface area contributed by atoms with Crippen molar-refractivity contribution < 1.29 is 0 Å². The molecular formula is C11H17N3. The molecule has 2 heterocycles. The van der Waals surface area contributed by atoms with Crippen molar-refractivity contribution in [1.29, 1.82) is 0 Å². The third kappa shape index (κ3) is 1.77. The first kappa shape index (κ1) is 9.59. The van der Waals surface area contributed by atoms with Gasteiger partial charge in [0.1, 0.15) is 5.82 Å².